The van der Waals surface area contributed by atoms with Crippen LogP contribution in [-0.4, -0.2) is 77.7 Å². The number of thiazole rings is 1. The van der Waals surface area contributed by atoms with Gasteiger partial charge < -0.3 is 0 Å². The summed E-state index contributed by atoms with van der Waals surface area (Å²) in [6.45, 7) is 3.78. The number of rotatable bonds is 5. The van der Waals surface area contributed by atoms with Crippen molar-refractivity contribution in [3.8, 4) is 11.8 Å². The second-order valence-electron chi connectivity index (χ2n) is 8.86. The quantitative estimate of drug-likeness (QED) is 0.366. The van der Waals surface area contributed by atoms with Crippen LogP contribution in [0.3, 0.4) is 0 Å². The predicted octanol–water partition coefficient (Wildman–Crippen LogP) is 2.24. The van der Waals surface area contributed by atoms with Crippen LogP contribution >= 0.6 is 11.3 Å². The number of amides is 1. The summed E-state index contributed by atoms with van der Waals surface area (Å²) in [7, 11) is 2.10. The van der Waals surface area contributed by atoms with Crippen LogP contribution in [0.1, 0.15) is 33.2 Å². The minimum absolute atomic E-state index is 0.00841. The van der Waals surface area contributed by atoms with Gasteiger partial charge in [0.2, 0.25) is 0 Å². The fourth-order valence-electron chi connectivity index (χ4n) is 4.50. The van der Waals surface area contributed by atoms with Crippen molar-refractivity contribution in [1.29, 1.82) is 0 Å². The summed E-state index contributed by atoms with van der Waals surface area (Å²) in [6, 6.07) is 5.25. The van der Waals surface area contributed by atoms with Gasteiger partial charge in [-0.25, -0.2) is 0 Å². The third-order valence-electron chi connectivity index (χ3n) is 6.30. The van der Waals surface area contributed by atoms with E-state index in [1.807, 2.05) is 6.07 Å². The van der Waals surface area contributed by atoms with Gasteiger partial charge in [-0.15, -0.1) is 0 Å². The number of anilines is 1. The zero-order chi connectivity index (χ0) is 24.8. The van der Waals surface area contributed by atoms with Crippen molar-refractivity contribution in [3.63, 3.8) is 0 Å². The van der Waals surface area contributed by atoms with Crippen molar-refractivity contribution >= 4 is 48.0 Å². The Bertz CT molecular complexity index is 1340. The maximum atomic E-state index is 13.4. The molecule has 5 rings (SSSR count). The summed E-state index contributed by atoms with van der Waals surface area (Å²) >= 11 is -0.549. The topological polar surface area (TPSA) is 74.6 Å². The SMILES string of the molecule is Cc1ncc(C(=O)NCC#Cc2nn3c(N[C@]45CCN(C)C[C@H]4C5)cccc3c2[Se]C(F)(F)F)s1. The van der Waals surface area contributed by atoms with Crippen molar-refractivity contribution in [1.82, 2.24) is 24.8 Å². The van der Waals surface area contributed by atoms with E-state index in [4.69, 9.17) is 0 Å². The molecule has 0 unspecified atom stereocenters. The van der Waals surface area contributed by atoms with Gasteiger partial charge in [-0.3, -0.25) is 0 Å². The third kappa shape index (κ3) is 5.19. The van der Waals surface area contributed by atoms with Crippen molar-refractivity contribution in [3.05, 3.63) is 40.0 Å². The average Bonchev–Trinajstić information content (AvgIpc) is 3.11. The molecule has 4 heterocycles. The fraction of sp³-hybridized carbons (Fsp3) is 0.435. The summed E-state index contributed by atoms with van der Waals surface area (Å²) in [5.41, 5.74) is 0.475. The summed E-state index contributed by atoms with van der Waals surface area (Å²) in [6.07, 6.45) is 3.51. The Morgan fingerprint density at radius 1 is 1.40 bits per heavy atom. The Balaban J connectivity index is 1.40. The zero-order valence-electron chi connectivity index (χ0n) is 19.1. The number of aromatic nitrogens is 3. The molecule has 1 aliphatic carbocycles. The first-order chi connectivity index (χ1) is 16.6. The van der Waals surface area contributed by atoms with E-state index in [2.05, 4.69) is 44.5 Å². The van der Waals surface area contributed by atoms with Crippen LogP contribution in [0.5, 0.6) is 0 Å². The normalized spacial score (nSPS) is 21.8. The Kier molecular flexibility index (Phi) is 6.30. The first-order valence-corrected chi connectivity index (χ1v) is 13.6. The molecule has 2 atom stereocenters. The molecule has 7 nitrogen and oxygen atoms in total. The number of carbonyl (C=O) groups is 1. The van der Waals surface area contributed by atoms with E-state index < -0.39 is 20.0 Å². The van der Waals surface area contributed by atoms with Crippen LogP contribution in [0.2, 0.25) is 0 Å². The van der Waals surface area contributed by atoms with E-state index in [0.717, 1.165) is 30.9 Å². The number of alkyl halides is 3. The monoisotopic (exact) mass is 568 g/mol. The van der Waals surface area contributed by atoms with E-state index in [1.54, 1.807) is 23.6 Å². The number of fused-ring (bicyclic) bond motifs is 2. The fourth-order valence-corrected chi connectivity index (χ4v) is 6.62. The number of nitrogens with one attached hydrogen (secondary N) is 2. The predicted molar refractivity (Wildman–Crippen MR) is 129 cm³/mol. The zero-order valence-corrected chi connectivity index (χ0v) is 21.6. The molecule has 12 heteroatoms. The minimum atomic E-state index is -4.34. The Morgan fingerprint density at radius 2 is 2.23 bits per heavy atom. The van der Waals surface area contributed by atoms with Crippen molar-refractivity contribution in [2.75, 3.05) is 32.0 Å². The number of halogens is 3. The molecule has 0 bridgehead atoms. The molecule has 1 amide bonds. The average molecular weight is 567 g/mol. The van der Waals surface area contributed by atoms with E-state index in [-0.39, 0.29) is 28.1 Å². The van der Waals surface area contributed by atoms with Crippen LogP contribution in [-0.2, 0) is 0 Å². The van der Waals surface area contributed by atoms with Gasteiger partial charge in [0, 0.05) is 0 Å². The van der Waals surface area contributed by atoms with Gasteiger partial charge in [0.25, 0.3) is 0 Å². The first-order valence-electron chi connectivity index (χ1n) is 11.1. The Morgan fingerprint density at radius 3 is 2.94 bits per heavy atom. The second kappa shape index (κ2) is 9.13. The van der Waals surface area contributed by atoms with E-state index in [0.29, 0.717) is 22.1 Å². The number of pyridine rings is 1. The molecule has 1 saturated carbocycles. The number of carbonyl (C=O) groups excluding carboxylic acids is 1. The first kappa shape index (κ1) is 24.1. The van der Waals surface area contributed by atoms with Crippen LogP contribution in [0, 0.1) is 24.7 Å². The number of hydrogen-bond donors (Lipinski definition) is 2. The van der Waals surface area contributed by atoms with Crippen molar-refractivity contribution < 1.29 is 18.0 Å². The third-order valence-corrected chi connectivity index (χ3v) is 8.97. The molecular weight excluding hydrogens is 544 g/mol. The summed E-state index contributed by atoms with van der Waals surface area (Å²) < 4.78 is 42.0. The van der Waals surface area contributed by atoms with Gasteiger partial charge >= 0.3 is 211 Å². The Labute approximate surface area is 210 Å². The van der Waals surface area contributed by atoms with Gasteiger partial charge in [-0.2, -0.15) is 0 Å². The summed E-state index contributed by atoms with van der Waals surface area (Å²) in [5.74, 6) is 6.41. The number of hydrogen-bond acceptors (Lipinski definition) is 6. The van der Waals surface area contributed by atoms with Gasteiger partial charge in [0.15, 0.2) is 0 Å². The molecule has 3 aromatic rings. The van der Waals surface area contributed by atoms with Gasteiger partial charge in [0.1, 0.15) is 0 Å². The van der Waals surface area contributed by atoms with E-state index in [9.17, 15) is 18.0 Å². The van der Waals surface area contributed by atoms with Crippen LogP contribution in [0.15, 0.2) is 24.4 Å². The molecule has 3 aromatic heterocycles. The Hall–Kier alpha value is -2.58. The molecule has 2 N–H and O–H groups in total. The number of nitrogens with zero attached hydrogens (tertiary/aromatic N) is 4. The molecule has 1 saturated heterocycles. The van der Waals surface area contributed by atoms with Gasteiger partial charge in [0.05, 0.1) is 0 Å². The molecule has 2 fully saturated rings. The summed E-state index contributed by atoms with van der Waals surface area (Å²) in [5, 5.41) is 7.14. The molecule has 0 radical (unpaired) electrons. The second-order valence-corrected chi connectivity index (χ2v) is 12.3. The summed E-state index contributed by atoms with van der Waals surface area (Å²) in [4.78, 5) is 19.0. The van der Waals surface area contributed by atoms with E-state index >= 15 is 0 Å². The standard InChI is InChI=1S/C23H23F3N6OSSe/c1-14-28-12-18(34-14)21(33)27-9-4-5-16-20(35-23(24,25)26)17-6-3-7-19(32(17)30-16)29-22-8-10-31(2)13-15(22)11-22/h3,6-7,12,15,29H,8-11,13H2,1-2H3,(H,27,33)/t15-,22+/m1/s1. The molecule has 1 aliphatic heterocycles. The number of likely N-dealkylation sites (tertiary alicyclic amines) is 1. The molecule has 0 aromatic carbocycles. The molecule has 2 aliphatic rings. The molecular formula is C23H23F3N6OSSe. The van der Waals surface area contributed by atoms with Crippen molar-refractivity contribution in [2.24, 2.45) is 5.92 Å². The van der Waals surface area contributed by atoms with E-state index in [1.165, 1.54) is 17.5 Å². The van der Waals surface area contributed by atoms with Crippen LogP contribution in [0.4, 0.5) is 19.0 Å². The van der Waals surface area contributed by atoms with Gasteiger partial charge in [-0.05, 0) is 0 Å². The molecule has 184 valence electrons. The van der Waals surface area contributed by atoms with Gasteiger partial charge in [-0.1, -0.05) is 0 Å². The molecule has 0 spiro atoms. The molecule has 35 heavy (non-hydrogen) atoms. The number of piperidine rings is 1. The van der Waals surface area contributed by atoms with Crippen LogP contribution < -0.4 is 15.1 Å². The van der Waals surface area contributed by atoms with Crippen LogP contribution in [0.25, 0.3) is 5.52 Å². The maximum absolute atomic E-state index is 13.4. The number of aryl methyl sites for hydroxylation is 1. The van der Waals surface area contributed by atoms with Crippen molar-refractivity contribution in [2.45, 2.75) is 30.4 Å².